The Morgan fingerprint density at radius 2 is 2.29 bits per heavy atom. The van der Waals surface area contributed by atoms with Crippen molar-refractivity contribution in [3.63, 3.8) is 0 Å². The number of nitrogens with zero attached hydrogens (tertiary/aromatic N) is 1. The molecule has 0 bridgehead atoms. The molecule has 0 spiro atoms. The van der Waals surface area contributed by atoms with Gasteiger partial charge in [0, 0.05) is 18.2 Å². The van der Waals surface area contributed by atoms with Crippen LogP contribution in [0.5, 0.6) is 0 Å². The van der Waals surface area contributed by atoms with Crippen molar-refractivity contribution >= 4 is 5.69 Å². The Kier molecular flexibility index (Phi) is 3.55. The summed E-state index contributed by atoms with van der Waals surface area (Å²) in [4.78, 5) is 10.2. The molecule has 0 fully saturated rings. The second-order valence-electron chi connectivity index (χ2n) is 2.91. The molecule has 0 amide bonds. The first kappa shape index (κ1) is 10.6. The van der Waals surface area contributed by atoms with Crippen LogP contribution in [0.15, 0.2) is 18.2 Å². The van der Waals surface area contributed by atoms with Crippen LogP contribution in [0.4, 0.5) is 5.69 Å². The van der Waals surface area contributed by atoms with Crippen LogP contribution in [0, 0.1) is 10.1 Å². The lowest BCUT2D eigenvalue weighted by Gasteiger charge is -2.03. The lowest BCUT2D eigenvalue weighted by atomic mass is 10.1. The lowest BCUT2D eigenvalue weighted by molar-refractivity contribution is -0.385. The summed E-state index contributed by atoms with van der Waals surface area (Å²) in [7, 11) is 1.73. The Hall–Kier alpha value is -1.46. The maximum absolute atomic E-state index is 10.7. The molecule has 5 nitrogen and oxygen atoms in total. The van der Waals surface area contributed by atoms with Crippen molar-refractivity contribution in [2.75, 3.05) is 7.05 Å². The van der Waals surface area contributed by atoms with Crippen LogP contribution in [0.25, 0.3) is 0 Å². The maximum Gasteiger partial charge on any atom is 0.274 e. The standard InChI is InChI=1S/C9H12N2O3/c1-10-5-8-3-2-7(6-12)4-9(8)11(13)14/h2-4,10,12H,5-6H2,1H3. The summed E-state index contributed by atoms with van der Waals surface area (Å²) in [5, 5.41) is 22.3. The van der Waals surface area contributed by atoms with Crippen LogP contribution in [0.1, 0.15) is 11.1 Å². The van der Waals surface area contributed by atoms with Gasteiger partial charge >= 0.3 is 0 Å². The number of benzene rings is 1. The summed E-state index contributed by atoms with van der Waals surface area (Å²) in [6.07, 6.45) is 0. The zero-order valence-electron chi connectivity index (χ0n) is 7.86. The van der Waals surface area contributed by atoms with Crippen LogP contribution in [0.2, 0.25) is 0 Å². The van der Waals surface area contributed by atoms with E-state index in [9.17, 15) is 10.1 Å². The summed E-state index contributed by atoms with van der Waals surface area (Å²) in [6.45, 7) is 0.267. The van der Waals surface area contributed by atoms with Crippen molar-refractivity contribution in [1.29, 1.82) is 0 Å². The van der Waals surface area contributed by atoms with E-state index in [0.29, 0.717) is 17.7 Å². The fraction of sp³-hybridized carbons (Fsp3) is 0.333. The third-order valence-corrected chi connectivity index (χ3v) is 1.90. The van der Waals surface area contributed by atoms with Gasteiger partial charge in [0.2, 0.25) is 0 Å². The van der Waals surface area contributed by atoms with Crippen molar-refractivity contribution in [2.45, 2.75) is 13.2 Å². The zero-order valence-corrected chi connectivity index (χ0v) is 7.86. The van der Waals surface area contributed by atoms with E-state index >= 15 is 0 Å². The van der Waals surface area contributed by atoms with Crippen LogP contribution < -0.4 is 5.32 Å². The Balaban J connectivity index is 3.10. The molecule has 5 heteroatoms. The predicted octanol–water partition coefficient (Wildman–Crippen LogP) is 0.806. The molecular weight excluding hydrogens is 184 g/mol. The number of nitrogens with one attached hydrogen (secondary N) is 1. The lowest BCUT2D eigenvalue weighted by Crippen LogP contribution is -2.07. The number of rotatable bonds is 4. The maximum atomic E-state index is 10.7. The molecule has 0 saturated heterocycles. The van der Waals surface area contributed by atoms with Crippen molar-refractivity contribution in [1.82, 2.24) is 5.32 Å². The average Bonchev–Trinajstić information content (AvgIpc) is 2.18. The molecule has 0 atom stereocenters. The number of nitro groups is 1. The summed E-state index contributed by atoms with van der Waals surface area (Å²) in [5.74, 6) is 0. The number of aliphatic hydroxyl groups excluding tert-OH is 1. The topological polar surface area (TPSA) is 75.4 Å². The van der Waals surface area contributed by atoms with E-state index in [1.165, 1.54) is 6.07 Å². The molecule has 0 aliphatic heterocycles. The Bertz CT molecular complexity index is 339. The minimum absolute atomic E-state index is 0.0471. The first-order valence-corrected chi connectivity index (χ1v) is 4.20. The van der Waals surface area contributed by atoms with Crippen molar-refractivity contribution in [2.24, 2.45) is 0 Å². The fourth-order valence-corrected chi connectivity index (χ4v) is 1.22. The first-order chi connectivity index (χ1) is 6.69. The van der Waals surface area contributed by atoms with Gasteiger partial charge in [-0.05, 0) is 12.6 Å². The van der Waals surface area contributed by atoms with Gasteiger partial charge in [-0.3, -0.25) is 10.1 Å². The summed E-state index contributed by atoms with van der Waals surface area (Å²) in [5.41, 5.74) is 1.22. The smallest absolute Gasteiger partial charge is 0.274 e. The second-order valence-corrected chi connectivity index (χ2v) is 2.91. The van der Waals surface area contributed by atoms with Gasteiger partial charge in [0.1, 0.15) is 0 Å². The van der Waals surface area contributed by atoms with Gasteiger partial charge in [-0.1, -0.05) is 12.1 Å². The van der Waals surface area contributed by atoms with Gasteiger partial charge in [0.25, 0.3) is 5.69 Å². The van der Waals surface area contributed by atoms with E-state index < -0.39 is 4.92 Å². The quantitative estimate of drug-likeness (QED) is 0.552. The average molecular weight is 196 g/mol. The van der Waals surface area contributed by atoms with Gasteiger partial charge < -0.3 is 10.4 Å². The van der Waals surface area contributed by atoms with Crippen molar-refractivity contribution in [3.8, 4) is 0 Å². The summed E-state index contributed by atoms with van der Waals surface area (Å²) in [6, 6.07) is 4.73. The van der Waals surface area contributed by atoms with Gasteiger partial charge in [-0.2, -0.15) is 0 Å². The Labute approximate surface area is 81.5 Å². The number of hydrogen-bond donors (Lipinski definition) is 2. The summed E-state index contributed by atoms with van der Waals surface area (Å²) < 4.78 is 0. The molecule has 76 valence electrons. The van der Waals surface area contributed by atoms with Crippen LogP contribution in [-0.4, -0.2) is 17.1 Å². The highest BCUT2D eigenvalue weighted by Crippen LogP contribution is 2.20. The minimum atomic E-state index is -0.439. The molecule has 14 heavy (non-hydrogen) atoms. The molecule has 0 radical (unpaired) electrons. The Morgan fingerprint density at radius 1 is 1.57 bits per heavy atom. The molecule has 1 aromatic carbocycles. The molecule has 0 aliphatic carbocycles. The third-order valence-electron chi connectivity index (χ3n) is 1.90. The van der Waals surface area contributed by atoms with Gasteiger partial charge in [-0.25, -0.2) is 0 Å². The molecule has 2 N–H and O–H groups in total. The van der Waals surface area contributed by atoms with Crippen molar-refractivity contribution < 1.29 is 10.0 Å². The normalized spacial score (nSPS) is 10.1. The van der Waals surface area contributed by atoms with Gasteiger partial charge in [0.05, 0.1) is 11.5 Å². The molecule has 0 aromatic heterocycles. The molecule has 1 rings (SSSR count). The van der Waals surface area contributed by atoms with E-state index in [1.807, 2.05) is 0 Å². The van der Waals surface area contributed by atoms with Crippen molar-refractivity contribution in [3.05, 3.63) is 39.4 Å². The summed E-state index contributed by atoms with van der Waals surface area (Å²) >= 11 is 0. The van der Waals surface area contributed by atoms with E-state index in [4.69, 9.17) is 5.11 Å². The highest BCUT2D eigenvalue weighted by Gasteiger charge is 2.13. The van der Waals surface area contributed by atoms with E-state index in [-0.39, 0.29) is 12.3 Å². The van der Waals surface area contributed by atoms with E-state index in [0.717, 1.165) is 0 Å². The first-order valence-electron chi connectivity index (χ1n) is 4.20. The van der Waals surface area contributed by atoms with Gasteiger partial charge in [0.15, 0.2) is 0 Å². The van der Waals surface area contributed by atoms with Gasteiger partial charge in [-0.15, -0.1) is 0 Å². The largest absolute Gasteiger partial charge is 0.392 e. The monoisotopic (exact) mass is 196 g/mol. The molecular formula is C9H12N2O3. The fourth-order valence-electron chi connectivity index (χ4n) is 1.22. The number of nitro benzene ring substituents is 1. The molecule has 0 unspecified atom stereocenters. The molecule has 0 saturated carbocycles. The highest BCUT2D eigenvalue weighted by molar-refractivity contribution is 5.43. The molecule has 0 aliphatic rings. The van der Waals surface area contributed by atoms with E-state index in [1.54, 1.807) is 19.2 Å². The number of aliphatic hydroxyl groups is 1. The SMILES string of the molecule is CNCc1ccc(CO)cc1[N+](=O)[O-]. The Morgan fingerprint density at radius 3 is 2.79 bits per heavy atom. The molecule has 0 heterocycles. The third kappa shape index (κ3) is 2.27. The van der Waals surface area contributed by atoms with Crippen LogP contribution in [0.3, 0.4) is 0 Å². The van der Waals surface area contributed by atoms with Crippen LogP contribution >= 0.6 is 0 Å². The number of hydrogen-bond acceptors (Lipinski definition) is 4. The van der Waals surface area contributed by atoms with E-state index in [2.05, 4.69) is 5.32 Å². The minimum Gasteiger partial charge on any atom is -0.392 e. The predicted molar refractivity (Wildman–Crippen MR) is 51.8 cm³/mol. The van der Waals surface area contributed by atoms with Crippen LogP contribution in [-0.2, 0) is 13.2 Å². The molecule has 1 aromatic rings. The zero-order chi connectivity index (χ0) is 10.6. The second kappa shape index (κ2) is 4.69. The highest BCUT2D eigenvalue weighted by atomic mass is 16.6.